The van der Waals surface area contributed by atoms with Crippen molar-refractivity contribution in [3.05, 3.63) is 78.1 Å². The second kappa shape index (κ2) is 7.70. The third-order valence-electron chi connectivity index (χ3n) is 3.41. The van der Waals surface area contributed by atoms with Gasteiger partial charge >= 0.3 is 6.18 Å². The molecule has 3 nitrogen and oxygen atoms in total. The Morgan fingerprint density at radius 1 is 0.962 bits per heavy atom. The molecule has 0 radical (unpaired) electrons. The van der Waals surface area contributed by atoms with E-state index in [1.54, 1.807) is 42.6 Å². The van der Waals surface area contributed by atoms with Gasteiger partial charge in [-0.15, -0.1) is 0 Å². The number of nitrogens with zero attached hydrogens (tertiary/aromatic N) is 1. The van der Waals surface area contributed by atoms with Crippen LogP contribution in [0.3, 0.4) is 0 Å². The second-order valence-electron chi connectivity index (χ2n) is 5.49. The van der Waals surface area contributed by atoms with E-state index in [4.69, 9.17) is 4.74 Å². The predicted molar refractivity (Wildman–Crippen MR) is 96.4 cm³/mol. The van der Waals surface area contributed by atoms with Crippen molar-refractivity contribution < 1.29 is 17.9 Å². The summed E-state index contributed by atoms with van der Waals surface area (Å²) in [5.41, 5.74) is 0.949. The minimum absolute atomic E-state index is 0.479. The van der Waals surface area contributed by atoms with Gasteiger partial charge in [-0.3, -0.25) is 4.98 Å². The number of rotatable bonds is 5. The summed E-state index contributed by atoms with van der Waals surface area (Å²) in [4.78, 5) is 4.59. The number of hydrogen-bond donors (Lipinski definition) is 1. The summed E-state index contributed by atoms with van der Waals surface area (Å²) < 4.78 is 46.9. The van der Waals surface area contributed by atoms with Crippen LogP contribution in [-0.2, 0) is 6.18 Å². The highest BCUT2D eigenvalue weighted by Crippen LogP contribution is 2.32. The quantitative estimate of drug-likeness (QED) is 0.528. The molecule has 0 atom stereocenters. The number of halogens is 3. The molecule has 3 rings (SSSR count). The Hall–Kier alpha value is -2.67. The molecular weight excluding hydrogens is 361 g/mol. The van der Waals surface area contributed by atoms with Crippen LogP contribution in [0.25, 0.3) is 0 Å². The molecule has 0 unspecified atom stereocenters. The molecule has 0 saturated carbocycles. The molecule has 26 heavy (non-hydrogen) atoms. The number of pyridine rings is 1. The molecule has 134 valence electrons. The first-order valence-electron chi connectivity index (χ1n) is 7.71. The van der Waals surface area contributed by atoms with E-state index in [1.165, 1.54) is 6.07 Å². The van der Waals surface area contributed by atoms with E-state index >= 15 is 0 Å². The van der Waals surface area contributed by atoms with Crippen LogP contribution in [0, 0.1) is 6.92 Å². The first kappa shape index (κ1) is 18.1. The Labute approximate surface area is 153 Å². The van der Waals surface area contributed by atoms with Gasteiger partial charge in [-0.05, 0) is 67.4 Å². The highest BCUT2D eigenvalue weighted by atomic mass is 32.2. The molecule has 1 heterocycles. The van der Waals surface area contributed by atoms with E-state index in [9.17, 15) is 13.2 Å². The number of aromatic nitrogens is 1. The van der Waals surface area contributed by atoms with Gasteiger partial charge < -0.3 is 9.46 Å². The highest BCUT2D eigenvalue weighted by Gasteiger charge is 2.30. The molecule has 0 spiro atoms. The summed E-state index contributed by atoms with van der Waals surface area (Å²) in [6, 6.07) is 15.9. The van der Waals surface area contributed by atoms with Crippen LogP contribution in [0.5, 0.6) is 11.5 Å². The average molecular weight is 376 g/mol. The van der Waals surface area contributed by atoms with Gasteiger partial charge in [-0.1, -0.05) is 6.07 Å². The van der Waals surface area contributed by atoms with E-state index in [2.05, 4.69) is 9.71 Å². The summed E-state index contributed by atoms with van der Waals surface area (Å²) in [5.74, 6) is 1.35. The lowest BCUT2D eigenvalue weighted by atomic mass is 10.2. The van der Waals surface area contributed by atoms with Gasteiger partial charge in [-0.2, -0.15) is 13.2 Å². The summed E-state index contributed by atoms with van der Waals surface area (Å²) in [6.45, 7) is 1.88. The maximum absolute atomic E-state index is 12.7. The monoisotopic (exact) mass is 376 g/mol. The Balaban J connectivity index is 1.61. The summed E-state index contributed by atoms with van der Waals surface area (Å²) in [6.07, 6.45) is -2.67. The fourth-order valence-corrected chi connectivity index (χ4v) is 2.87. The molecule has 0 amide bonds. The van der Waals surface area contributed by atoms with Crippen LogP contribution < -0.4 is 9.46 Å². The van der Waals surface area contributed by atoms with Crippen molar-refractivity contribution in [3.63, 3.8) is 0 Å². The van der Waals surface area contributed by atoms with Crippen LogP contribution >= 0.6 is 11.9 Å². The molecule has 2 aromatic carbocycles. The largest absolute Gasteiger partial charge is 0.457 e. The average Bonchev–Trinajstić information content (AvgIpc) is 2.61. The minimum atomic E-state index is -4.35. The number of anilines is 1. The molecule has 0 bridgehead atoms. The predicted octanol–water partition coefficient (Wildman–Crippen LogP) is 6.32. The van der Waals surface area contributed by atoms with E-state index in [0.717, 1.165) is 35.5 Å². The summed E-state index contributed by atoms with van der Waals surface area (Å²) in [5, 5.41) is 0. The van der Waals surface area contributed by atoms with E-state index in [0.29, 0.717) is 16.4 Å². The molecular formula is C19H15F3N2OS. The van der Waals surface area contributed by atoms with Crippen molar-refractivity contribution in [2.75, 3.05) is 4.72 Å². The zero-order valence-corrected chi connectivity index (χ0v) is 14.6. The van der Waals surface area contributed by atoms with Crippen LogP contribution in [0.2, 0.25) is 0 Å². The third-order valence-corrected chi connectivity index (χ3v) is 4.23. The van der Waals surface area contributed by atoms with E-state index in [-0.39, 0.29) is 0 Å². The molecule has 0 aliphatic heterocycles. The van der Waals surface area contributed by atoms with Crippen LogP contribution in [-0.4, -0.2) is 4.98 Å². The Bertz CT molecular complexity index is 882. The maximum atomic E-state index is 12.7. The van der Waals surface area contributed by atoms with Crippen LogP contribution in [0.1, 0.15) is 11.3 Å². The number of alkyl halides is 3. The van der Waals surface area contributed by atoms with Crippen LogP contribution in [0.15, 0.2) is 71.8 Å². The minimum Gasteiger partial charge on any atom is -0.457 e. The Morgan fingerprint density at radius 2 is 1.73 bits per heavy atom. The first-order valence-corrected chi connectivity index (χ1v) is 8.52. The normalized spacial score (nSPS) is 11.2. The maximum Gasteiger partial charge on any atom is 0.416 e. The number of nitrogens with one attached hydrogen (secondary N) is 1. The smallest absolute Gasteiger partial charge is 0.416 e. The van der Waals surface area contributed by atoms with Crippen molar-refractivity contribution in [2.45, 2.75) is 18.0 Å². The lowest BCUT2D eigenvalue weighted by Crippen LogP contribution is -2.04. The SMILES string of the molecule is Cc1cc(Oc2ccc(NSc3cccc(C(F)(F)F)c3)cc2)ccn1. The molecule has 0 aliphatic carbocycles. The Morgan fingerprint density at radius 3 is 2.42 bits per heavy atom. The number of aryl methyl sites for hydroxylation is 1. The van der Waals surface area contributed by atoms with E-state index < -0.39 is 11.7 Å². The molecule has 7 heteroatoms. The first-order chi connectivity index (χ1) is 12.4. The molecule has 0 fully saturated rings. The van der Waals surface area contributed by atoms with Gasteiger partial charge in [0.05, 0.1) is 5.56 Å². The van der Waals surface area contributed by atoms with Gasteiger partial charge in [0.25, 0.3) is 0 Å². The van der Waals surface area contributed by atoms with Crippen LogP contribution in [0.4, 0.5) is 18.9 Å². The van der Waals surface area contributed by atoms with Gasteiger partial charge in [0.15, 0.2) is 0 Å². The second-order valence-corrected chi connectivity index (χ2v) is 6.37. The summed E-state index contributed by atoms with van der Waals surface area (Å²) in [7, 11) is 0. The van der Waals surface area contributed by atoms with Gasteiger partial charge in [0.2, 0.25) is 0 Å². The van der Waals surface area contributed by atoms with Crippen molar-refractivity contribution in [1.29, 1.82) is 0 Å². The fraction of sp³-hybridized carbons (Fsp3) is 0.105. The van der Waals surface area contributed by atoms with Gasteiger partial charge in [0.1, 0.15) is 11.5 Å². The van der Waals surface area contributed by atoms with Gasteiger partial charge in [0, 0.05) is 28.5 Å². The van der Waals surface area contributed by atoms with Crippen molar-refractivity contribution >= 4 is 17.6 Å². The lowest BCUT2D eigenvalue weighted by Gasteiger charge is -2.10. The molecule has 1 aromatic heterocycles. The number of hydrogen-bond acceptors (Lipinski definition) is 4. The zero-order valence-electron chi connectivity index (χ0n) is 13.7. The Kier molecular flexibility index (Phi) is 5.37. The fourth-order valence-electron chi connectivity index (χ4n) is 2.16. The summed E-state index contributed by atoms with van der Waals surface area (Å²) >= 11 is 1.12. The number of ether oxygens (including phenoxy) is 1. The van der Waals surface area contributed by atoms with E-state index in [1.807, 2.05) is 13.0 Å². The lowest BCUT2D eigenvalue weighted by molar-refractivity contribution is -0.137. The highest BCUT2D eigenvalue weighted by molar-refractivity contribution is 8.00. The third kappa shape index (κ3) is 4.92. The molecule has 3 aromatic rings. The number of benzene rings is 2. The van der Waals surface area contributed by atoms with Crippen molar-refractivity contribution in [3.8, 4) is 11.5 Å². The van der Waals surface area contributed by atoms with Crippen molar-refractivity contribution in [1.82, 2.24) is 4.98 Å². The molecule has 1 N–H and O–H groups in total. The van der Waals surface area contributed by atoms with Crippen molar-refractivity contribution in [2.24, 2.45) is 0 Å². The molecule has 0 aliphatic rings. The standard InChI is InChI=1S/C19H15F3N2OS/c1-13-11-17(9-10-23-13)25-16-7-5-15(6-8-16)24-26-18-4-2-3-14(12-18)19(20,21)22/h2-12,24H,1H3. The van der Waals surface area contributed by atoms with Gasteiger partial charge in [-0.25, -0.2) is 0 Å². The zero-order chi connectivity index (χ0) is 18.6. The molecule has 0 saturated heterocycles. The topological polar surface area (TPSA) is 34.1 Å².